The van der Waals surface area contributed by atoms with Crippen LogP contribution in [0.3, 0.4) is 0 Å². The second-order valence-electron chi connectivity index (χ2n) is 13.9. The lowest BCUT2D eigenvalue weighted by Crippen LogP contribution is -2.73. The molecule has 3 aromatic rings. The number of nitrogens with one attached hydrogen (secondary N) is 1. The summed E-state index contributed by atoms with van der Waals surface area (Å²) in [7, 11) is 1.90. The van der Waals surface area contributed by atoms with Crippen molar-refractivity contribution in [2.45, 2.75) is 89.8 Å². The van der Waals surface area contributed by atoms with Gasteiger partial charge in [-0.2, -0.15) is 0 Å². The first kappa shape index (κ1) is 36.8. The highest BCUT2D eigenvalue weighted by Crippen LogP contribution is 2.40. The van der Waals surface area contributed by atoms with Crippen LogP contribution in [0, 0.1) is 5.92 Å². The van der Waals surface area contributed by atoms with E-state index in [0.29, 0.717) is 80.4 Å². The van der Waals surface area contributed by atoms with Gasteiger partial charge in [0.15, 0.2) is 5.78 Å². The van der Waals surface area contributed by atoms with E-state index in [9.17, 15) is 9.59 Å². The van der Waals surface area contributed by atoms with Crippen molar-refractivity contribution < 1.29 is 28.6 Å². The number of benzene rings is 2. The number of ketones is 1. The number of nitrogens with zero attached hydrogens (tertiary/aromatic N) is 3. The topological polar surface area (TPSA) is 102 Å². The minimum atomic E-state index is -1.36. The van der Waals surface area contributed by atoms with Crippen molar-refractivity contribution in [2.24, 2.45) is 13.0 Å². The molecule has 3 heterocycles. The number of carbonyl (C=O) groups excluding carboxylic acids is 3. The molecule has 1 aliphatic carbocycles. The number of amides is 1. The molecule has 1 N–H and O–H groups in total. The first-order valence-corrected chi connectivity index (χ1v) is 18.6. The maximum atomic E-state index is 15.1. The molecule has 3 aliphatic rings. The van der Waals surface area contributed by atoms with E-state index in [4.69, 9.17) is 37.4 Å². The summed E-state index contributed by atoms with van der Waals surface area (Å²) in [5.74, 6) is -2.12. The molecule has 3 atom stereocenters. The van der Waals surface area contributed by atoms with E-state index in [0.717, 1.165) is 23.7 Å². The molecule has 1 aromatic heterocycles. The van der Waals surface area contributed by atoms with Crippen LogP contribution in [0.5, 0.6) is 0 Å². The zero-order valence-corrected chi connectivity index (χ0v) is 30.9. The standard InChI is InChI=1S/C38H48Cl2N4O6/c1-5-49-37(47)26-12-14-28(15-13-26)50-38(43-16-8-9-17-43,44-24(2)22-48-23-25(44)3)35(45)19-27-18-32(40)33(20-31(27)39)41-36(46)30-21-42(4)34-11-7-6-10-29(30)34/h6-7,10-11,18,20-21,24-26,28H,5,8-9,12-17,19,22-23H2,1-4H3,(H,41,46)/t24-,25+,26?,28?,38?. The molecule has 12 heteroatoms. The highest BCUT2D eigenvalue weighted by Gasteiger charge is 2.56. The van der Waals surface area contributed by atoms with Crippen LogP contribution < -0.4 is 5.32 Å². The van der Waals surface area contributed by atoms with Gasteiger partial charge in [-0.05, 0) is 83.1 Å². The Morgan fingerprint density at radius 1 is 0.980 bits per heavy atom. The Labute approximate surface area is 304 Å². The van der Waals surface area contributed by atoms with Crippen molar-refractivity contribution in [3.05, 3.63) is 63.8 Å². The van der Waals surface area contributed by atoms with Gasteiger partial charge in [-0.15, -0.1) is 0 Å². The predicted octanol–water partition coefficient (Wildman–Crippen LogP) is 6.85. The van der Waals surface area contributed by atoms with Gasteiger partial charge in [0.05, 0.1) is 48.1 Å². The Kier molecular flexibility index (Phi) is 11.6. The third-order valence-corrected chi connectivity index (χ3v) is 11.1. The van der Waals surface area contributed by atoms with E-state index in [-0.39, 0.29) is 53.2 Å². The Morgan fingerprint density at radius 3 is 2.34 bits per heavy atom. The molecule has 2 aromatic carbocycles. The molecule has 1 saturated carbocycles. The number of hydrogen-bond acceptors (Lipinski definition) is 8. The number of esters is 1. The number of para-hydroxylation sites is 1. The Bertz CT molecular complexity index is 1710. The molecular formula is C38H48Cl2N4O6. The number of halogens is 2. The van der Waals surface area contributed by atoms with Gasteiger partial charge in [-0.3, -0.25) is 19.3 Å². The first-order chi connectivity index (χ1) is 24.0. The van der Waals surface area contributed by atoms with Crippen LogP contribution >= 0.6 is 23.2 Å². The second-order valence-corrected chi connectivity index (χ2v) is 14.8. The van der Waals surface area contributed by atoms with E-state index in [2.05, 4.69) is 29.0 Å². The minimum absolute atomic E-state index is 0.0262. The van der Waals surface area contributed by atoms with Crippen LogP contribution in [0.1, 0.15) is 75.2 Å². The van der Waals surface area contributed by atoms with Gasteiger partial charge in [-0.1, -0.05) is 41.4 Å². The number of ether oxygens (including phenoxy) is 3. The van der Waals surface area contributed by atoms with Gasteiger partial charge in [-0.25, -0.2) is 4.90 Å². The molecule has 0 bridgehead atoms. The van der Waals surface area contributed by atoms with Crippen molar-refractivity contribution in [1.82, 2.24) is 14.4 Å². The zero-order chi connectivity index (χ0) is 35.6. The van der Waals surface area contributed by atoms with Gasteiger partial charge in [0.25, 0.3) is 5.91 Å². The van der Waals surface area contributed by atoms with Crippen molar-refractivity contribution >= 4 is 57.5 Å². The van der Waals surface area contributed by atoms with Gasteiger partial charge >= 0.3 is 5.97 Å². The van der Waals surface area contributed by atoms with Gasteiger partial charge in [0, 0.05) is 60.8 Å². The average Bonchev–Trinajstić information content (AvgIpc) is 3.76. The van der Waals surface area contributed by atoms with Gasteiger partial charge in [0.2, 0.25) is 5.85 Å². The van der Waals surface area contributed by atoms with Gasteiger partial charge < -0.3 is 24.1 Å². The van der Waals surface area contributed by atoms with Crippen molar-refractivity contribution in [1.29, 1.82) is 0 Å². The number of likely N-dealkylation sites (tertiary alicyclic amines) is 1. The second kappa shape index (κ2) is 15.7. The quantitative estimate of drug-likeness (QED) is 0.214. The fraction of sp³-hybridized carbons (Fsp3) is 0.553. The average molecular weight is 728 g/mol. The molecule has 10 nitrogen and oxygen atoms in total. The number of aryl methyl sites for hydroxylation is 1. The maximum absolute atomic E-state index is 15.1. The van der Waals surface area contributed by atoms with Gasteiger partial charge in [0.1, 0.15) is 0 Å². The summed E-state index contributed by atoms with van der Waals surface area (Å²) in [4.78, 5) is 45.4. The largest absolute Gasteiger partial charge is 0.466 e. The summed E-state index contributed by atoms with van der Waals surface area (Å²) in [5, 5.41) is 4.36. The van der Waals surface area contributed by atoms with Crippen LogP contribution in [0.4, 0.5) is 5.69 Å². The lowest BCUT2D eigenvalue weighted by Gasteiger charge is -2.55. The zero-order valence-electron chi connectivity index (χ0n) is 29.4. The molecule has 0 spiro atoms. The van der Waals surface area contributed by atoms with Crippen LogP contribution in [0.25, 0.3) is 10.9 Å². The first-order valence-electron chi connectivity index (χ1n) is 17.9. The SMILES string of the molecule is CCOC(=O)C1CCC(OC(C(=O)Cc2cc(Cl)c(NC(=O)c3cn(C)c4ccccc34)cc2Cl)(N2CCCC2)N2[C@H](C)COC[C@@H]2C)CC1. The molecule has 2 saturated heterocycles. The Morgan fingerprint density at radius 2 is 1.66 bits per heavy atom. The molecule has 50 heavy (non-hydrogen) atoms. The molecule has 2 aliphatic heterocycles. The van der Waals surface area contributed by atoms with Crippen LogP contribution in [-0.4, -0.2) is 89.0 Å². The highest BCUT2D eigenvalue weighted by molar-refractivity contribution is 6.36. The number of fused-ring (bicyclic) bond motifs is 1. The summed E-state index contributed by atoms with van der Waals surface area (Å²) in [6.45, 7) is 8.72. The molecule has 3 fully saturated rings. The predicted molar refractivity (Wildman–Crippen MR) is 195 cm³/mol. The molecule has 270 valence electrons. The van der Waals surface area contributed by atoms with E-state index < -0.39 is 5.85 Å². The summed E-state index contributed by atoms with van der Waals surface area (Å²) < 4.78 is 20.3. The molecular weight excluding hydrogens is 679 g/mol. The van der Waals surface area contributed by atoms with E-state index >= 15 is 4.79 Å². The third-order valence-electron chi connectivity index (χ3n) is 10.4. The Balaban J connectivity index is 1.29. The normalized spacial score (nSPS) is 24.6. The van der Waals surface area contributed by atoms with E-state index in [1.807, 2.05) is 42.8 Å². The molecule has 1 unspecified atom stereocenters. The summed E-state index contributed by atoms with van der Waals surface area (Å²) in [5.41, 5.74) is 2.38. The van der Waals surface area contributed by atoms with Crippen LogP contribution in [-0.2, 0) is 37.3 Å². The fourth-order valence-corrected chi connectivity index (χ4v) is 8.50. The summed E-state index contributed by atoms with van der Waals surface area (Å²) >= 11 is 13.7. The number of rotatable bonds is 11. The van der Waals surface area contributed by atoms with Crippen LogP contribution in [0.15, 0.2) is 42.6 Å². The van der Waals surface area contributed by atoms with E-state index in [1.54, 1.807) is 18.3 Å². The lowest BCUT2D eigenvalue weighted by atomic mass is 9.87. The smallest absolute Gasteiger partial charge is 0.308 e. The van der Waals surface area contributed by atoms with Crippen molar-refractivity contribution in [3.8, 4) is 0 Å². The number of anilines is 1. The number of carbonyl (C=O) groups is 3. The third kappa shape index (κ3) is 7.34. The summed E-state index contributed by atoms with van der Waals surface area (Å²) in [6, 6.07) is 10.8. The van der Waals surface area contributed by atoms with Crippen LogP contribution in [0.2, 0.25) is 10.0 Å². The van der Waals surface area contributed by atoms with Crippen molar-refractivity contribution in [2.75, 3.05) is 38.2 Å². The fourth-order valence-electron chi connectivity index (χ4n) is 8.04. The highest BCUT2D eigenvalue weighted by atomic mass is 35.5. The molecule has 6 rings (SSSR count). The van der Waals surface area contributed by atoms with Crippen molar-refractivity contribution in [3.63, 3.8) is 0 Å². The Hall–Kier alpha value is -2.99. The minimum Gasteiger partial charge on any atom is -0.466 e. The molecule has 0 radical (unpaired) electrons. The number of hydrogen-bond donors (Lipinski definition) is 1. The lowest BCUT2D eigenvalue weighted by molar-refractivity contribution is -0.285. The number of aromatic nitrogens is 1. The number of morpholine rings is 1. The summed E-state index contributed by atoms with van der Waals surface area (Å²) in [6.07, 6.45) is 6.05. The number of Topliss-reactive ketones (excluding diaryl/α,β-unsaturated/α-hetero) is 1. The molecule has 1 amide bonds. The van der Waals surface area contributed by atoms with E-state index in [1.165, 1.54) is 0 Å². The monoisotopic (exact) mass is 726 g/mol. The maximum Gasteiger partial charge on any atom is 0.308 e.